The van der Waals surface area contributed by atoms with Crippen molar-refractivity contribution in [2.24, 2.45) is 0 Å². The van der Waals surface area contributed by atoms with Crippen LogP contribution in [0, 0.1) is 5.82 Å². The molecule has 154 valence electrons. The molecule has 0 atom stereocenters. The van der Waals surface area contributed by atoms with E-state index in [0.29, 0.717) is 43.2 Å². The summed E-state index contributed by atoms with van der Waals surface area (Å²) in [6.07, 6.45) is 0.609. The van der Waals surface area contributed by atoms with Gasteiger partial charge >= 0.3 is 6.03 Å². The summed E-state index contributed by atoms with van der Waals surface area (Å²) in [5.41, 5.74) is 1.40. The Hall–Kier alpha value is -2.80. The average Bonchev–Trinajstić information content (AvgIpc) is 2.74. The van der Waals surface area contributed by atoms with Gasteiger partial charge in [-0.1, -0.05) is 23.7 Å². The normalized spacial score (nSPS) is 13.9. The number of carbonyl (C=O) groups excluding carboxylic acids is 2. The van der Waals surface area contributed by atoms with Crippen LogP contribution in [0.5, 0.6) is 0 Å². The van der Waals surface area contributed by atoms with E-state index in [4.69, 9.17) is 11.6 Å². The minimum atomic E-state index is -0.378. The van der Waals surface area contributed by atoms with Crippen molar-refractivity contribution >= 4 is 29.2 Å². The Kier molecular flexibility index (Phi) is 7.30. The predicted octanol–water partition coefficient (Wildman–Crippen LogP) is 3.13. The number of amides is 3. The summed E-state index contributed by atoms with van der Waals surface area (Å²) in [5.74, 6) is -0.635. The second-order valence-corrected chi connectivity index (χ2v) is 7.18. The fourth-order valence-electron chi connectivity index (χ4n) is 3.16. The number of para-hydroxylation sites is 1. The average molecular weight is 419 g/mol. The third kappa shape index (κ3) is 5.84. The summed E-state index contributed by atoms with van der Waals surface area (Å²) in [5, 5.41) is 6.35. The number of nitrogens with one attached hydrogen (secondary N) is 2. The molecule has 1 aliphatic heterocycles. The molecule has 3 rings (SSSR count). The summed E-state index contributed by atoms with van der Waals surface area (Å²) in [7, 11) is 0. The van der Waals surface area contributed by atoms with Crippen molar-refractivity contribution in [1.29, 1.82) is 0 Å². The summed E-state index contributed by atoms with van der Waals surface area (Å²) in [6.45, 7) is 3.59. The summed E-state index contributed by atoms with van der Waals surface area (Å²) in [6, 6.07) is 13.0. The molecule has 1 fully saturated rings. The van der Waals surface area contributed by atoms with Crippen LogP contribution in [0.25, 0.3) is 0 Å². The minimum absolute atomic E-state index is 0.103. The van der Waals surface area contributed by atoms with Gasteiger partial charge in [0, 0.05) is 44.8 Å². The Morgan fingerprint density at radius 1 is 0.931 bits per heavy atom. The van der Waals surface area contributed by atoms with Gasteiger partial charge in [-0.3, -0.25) is 4.79 Å². The predicted molar refractivity (Wildman–Crippen MR) is 112 cm³/mol. The lowest BCUT2D eigenvalue weighted by atomic mass is 10.2. The maximum absolute atomic E-state index is 12.9. The largest absolute Gasteiger partial charge is 0.367 e. The van der Waals surface area contributed by atoms with Crippen molar-refractivity contribution in [1.82, 2.24) is 15.5 Å². The van der Waals surface area contributed by atoms with Gasteiger partial charge < -0.3 is 20.4 Å². The van der Waals surface area contributed by atoms with E-state index < -0.39 is 0 Å². The van der Waals surface area contributed by atoms with Crippen molar-refractivity contribution in [3.05, 3.63) is 64.9 Å². The molecule has 0 aromatic heterocycles. The molecule has 2 N–H and O–H groups in total. The van der Waals surface area contributed by atoms with Crippen LogP contribution in [-0.2, 0) is 0 Å². The number of halogens is 2. The Labute approximate surface area is 174 Å². The second kappa shape index (κ2) is 10.1. The second-order valence-electron chi connectivity index (χ2n) is 6.77. The SMILES string of the molecule is O=C(NCCCNC(=O)N1CCN(c2ccccc2Cl)CC1)c1ccc(F)cc1. The summed E-state index contributed by atoms with van der Waals surface area (Å²) in [4.78, 5) is 28.2. The van der Waals surface area contributed by atoms with Gasteiger partial charge in [-0.25, -0.2) is 9.18 Å². The van der Waals surface area contributed by atoms with Crippen LogP contribution in [0.15, 0.2) is 48.5 Å². The van der Waals surface area contributed by atoms with Crippen LogP contribution in [-0.4, -0.2) is 56.1 Å². The molecular weight excluding hydrogens is 395 g/mol. The first kappa shape index (κ1) is 20.9. The molecule has 6 nitrogen and oxygen atoms in total. The number of rotatable bonds is 6. The van der Waals surface area contributed by atoms with Crippen LogP contribution in [0.3, 0.4) is 0 Å². The fourth-order valence-corrected chi connectivity index (χ4v) is 3.41. The third-order valence-corrected chi connectivity index (χ3v) is 5.10. The van der Waals surface area contributed by atoms with Gasteiger partial charge in [-0.2, -0.15) is 0 Å². The zero-order chi connectivity index (χ0) is 20.6. The highest BCUT2D eigenvalue weighted by Crippen LogP contribution is 2.25. The summed E-state index contributed by atoms with van der Waals surface area (Å²) < 4.78 is 12.9. The van der Waals surface area contributed by atoms with Crippen LogP contribution >= 0.6 is 11.6 Å². The van der Waals surface area contributed by atoms with Gasteiger partial charge in [0.05, 0.1) is 10.7 Å². The molecule has 2 aromatic carbocycles. The third-order valence-electron chi connectivity index (χ3n) is 4.78. The number of piperazine rings is 1. The molecular formula is C21H24ClFN4O2. The number of nitrogens with zero attached hydrogens (tertiary/aromatic N) is 2. The van der Waals surface area contributed by atoms with E-state index in [-0.39, 0.29) is 17.8 Å². The number of hydrogen-bond acceptors (Lipinski definition) is 3. The molecule has 3 amide bonds. The van der Waals surface area contributed by atoms with Crippen molar-refractivity contribution < 1.29 is 14.0 Å². The molecule has 1 saturated heterocycles. The molecule has 0 radical (unpaired) electrons. The number of hydrogen-bond donors (Lipinski definition) is 2. The summed E-state index contributed by atoms with van der Waals surface area (Å²) >= 11 is 6.24. The van der Waals surface area contributed by atoms with E-state index in [0.717, 1.165) is 18.8 Å². The number of anilines is 1. The molecule has 0 aliphatic carbocycles. The van der Waals surface area contributed by atoms with E-state index >= 15 is 0 Å². The van der Waals surface area contributed by atoms with E-state index in [1.165, 1.54) is 24.3 Å². The quantitative estimate of drug-likeness (QED) is 0.708. The molecule has 0 spiro atoms. The van der Waals surface area contributed by atoms with Gasteiger partial charge in [0.25, 0.3) is 5.91 Å². The molecule has 2 aromatic rings. The van der Waals surface area contributed by atoms with Crippen molar-refractivity contribution in [2.45, 2.75) is 6.42 Å². The number of benzene rings is 2. The highest BCUT2D eigenvalue weighted by molar-refractivity contribution is 6.33. The monoisotopic (exact) mass is 418 g/mol. The number of urea groups is 1. The maximum atomic E-state index is 12.9. The van der Waals surface area contributed by atoms with Crippen molar-refractivity contribution in [3.8, 4) is 0 Å². The van der Waals surface area contributed by atoms with Gasteiger partial charge in [0.1, 0.15) is 5.82 Å². The Balaban J connectivity index is 1.33. The highest BCUT2D eigenvalue weighted by atomic mass is 35.5. The zero-order valence-corrected chi connectivity index (χ0v) is 16.8. The van der Waals surface area contributed by atoms with Crippen LogP contribution in [0.1, 0.15) is 16.8 Å². The van der Waals surface area contributed by atoms with Crippen LogP contribution in [0.2, 0.25) is 5.02 Å². The Morgan fingerprint density at radius 2 is 1.59 bits per heavy atom. The molecule has 1 aliphatic rings. The van der Waals surface area contributed by atoms with Crippen molar-refractivity contribution in [2.75, 3.05) is 44.2 Å². The molecule has 0 bridgehead atoms. The standard InChI is InChI=1S/C21H24ClFN4O2/c22-18-4-1-2-5-19(18)26-12-14-27(15-13-26)21(29)25-11-3-10-24-20(28)16-6-8-17(23)9-7-16/h1-2,4-9H,3,10-15H2,(H,24,28)(H,25,29). The highest BCUT2D eigenvalue weighted by Gasteiger charge is 2.21. The lowest BCUT2D eigenvalue weighted by Gasteiger charge is -2.36. The zero-order valence-electron chi connectivity index (χ0n) is 16.0. The van der Waals surface area contributed by atoms with Gasteiger partial charge in [0.15, 0.2) is 0 Å². The van der Waals surface area contributed by atoms with Gasteiger partial charge in [-0.05, 0) is 42.8 Å². The first-order valence-electron chi connectivity index (χ1n) is 9.60. The molecule has 0 unspecified atom stereocenters. The van der Waals surface area contributed by atoms with Crippen LogP contribution < -0.4 is 15.5 Å². The maximum Gasteiger partial charge on any atom is 0.317 e. The van der Waals surface area contributed by atoms with E-state index in [9.17, 15) is 14.0 Å². The van der Waals surface area contributed by atoms with Gasteiger partial charge in [0.2, 0.25) is 0 Å². The molecule has 0 saturated carbocycles. The minimum Gasteiger partial charge on any atom is -0.367 e. The first-order chi connectivity index (χ1) is 14.0. The van der Waals surface area contributed by atoms with Crippen molar-refractivity contribution in [3.63, 3.8) is 0 Å². The van der Waals surface area contributed by atoms with Gasteiger partial charge in [-0.15, -0.1) is 0 Å². The lowest BCUT2D eigenvalue weighted by Crippen LogP contribution is -2.52. The van der Waals surface area contributed by atoms with E-state index in [2.05, 4.69) is 15.5 Å². The smallest absolute Gasteiger partial charge is 0.317 e. The Bertz CT molecular complexity index is 839. The topological polar surface area (TPSA) is 64.7 Å². The van der Waals surface area contributed by atoms with Crippen LogP contribution in [0.4, 0.5) is 14.9 Å². The molecule has 1 heterocycles. The molecule has 29 heavy (non-hydrogen) atoms. The van der Waals surface area contributed by atoms with E-state index in [1.807, 2.05) is 24.3 Å². The first-order valence-corrected chi connectivity index (χ1v) is 9.98. The lowest BCUT2D eigenvalue weighted by molar-refractivity contribution is 0.0953. The molecule has 8 heteroatoms. The van der Waals surface area contributed by atoms with E-state index in [1.54, 1.807) is 4.90 Å². The number of carbonyl (C=O) groups is 2. The Morgan fingerprint density at radius 3 is 2.28 bits per heavy atom. The fraction of sp³-hybridized carbons (Fsp3) is 0.333.